The second-order valence-corrected chi connectivity index (χ2v) is 13.5. The molecule has 47 heavy (non-hydrogen) atoms. The molecule has 0 spiro atoms. The number of carboxylic acids is 1. The number of phosphoric ester groups is 1. The van der Waals surface area contributed by atoms with Gasteiger partial charge in [0.15, 0.2) is 6.10 Å². The molecule has 0 heterocycles. The van der Waals surface area contributed by atoms with Gasteiger partial charge >= 0.3 is 25.7 Å². The standard InChI is InChI=1S/C31H61O8P.C3H7NO3/c1-3-5-7-9-11-13-15-17-19-21-23-25-30(32)37-27-29(28-38-40(34,35)36)39-31(33)26-24-22-20-18-16-14-12-10-8-6-4-2;4-2(1-5)3(6)7/h29H,3-28H2,1-2H3,(H2,34,35,36);2,5H,1,4H2,(H,6,7). The third kappa shape index (κ3) is 38.8. The van der Waals surface area contributed by atoms with Gasteiger partial charge in [-0.3, -0.25) is 18.9 Å². The summed E-state index contributed by atoms with van der Waals surface area (Å²) in [6.07, 6.45) is 25.4. The molecule has 0 radical (unpaired) electrons. The zero-order chi connectivity index (χ0) is 35.6. The molecule has 12 nitrogen and oxygen atoms in total. The average Bonchev–Trinajstić information content (AvgIpc) is 3.03. The first kappa shape index (κ1) is 47.6. The lowest BCUT2D eigenvalue weighted by Gasteiger charge is -2.18. The van der Waals surface area contributed by atoms with Crippen molar-refractivity contribution in [3.63, 3.8) is 0 Å². The highest BCUT2D eigenvalue weighted by atomic mass is 31.2. The van der Waals surface area contributed by atoms with Gasteiger partial charge in [0.2, 0.25) is 0 Å². The number of esters is 2. The summed E-state index contributed by atoms with van der Waals surface area (Å²) in [6, 6.07) is -1.13. The molecule has 0 amide bonds. The zero-order valence-corrected chi connectivity index (χ0v) is 30.3. The van der Waals surface area contributed by atoms with Gasteiger partial charge in [0.05, 0.1) is 13.2 Å². The maximum atomic E-state index is 12.3. The summed E-state index contributed by atoms with van der Waals surface area (Å²) in [6.45, 7) is 3.14. The molecule has 0 rings (SSSR count). The Morgan fingerprint density at radius 3 is 1.30 bits per heavy atom. The summed E-state index contributed by atoms with van der Waals surface area (Å²) in [5, 5.41) is 15.9. The lowest BCUT2D eigenvalue weighted by Crippen LogP contribution is -2.33. The van der Waals surface area contributed by atoms with Gasteiger partial charge in [-0.2, -0.15) is 0 Å². The monoisotopic (exact) mass is 697 g/mol. The van der Waals surface area contributed by atoms with Crippen LogP contribution in [0, 0.1) is 0 Å². The number of carboxylic acid groups (broad SMARTS) is 1. The van der Waals surface area contributed by atoms with E-state index in [0.29, 0.717) is 6.42 Å². The molecule has 0 saturated carbocycles. The molecular formula is C34H68NO11P. The van der Waals surface area contributed by atoms with Crippen molar-refractivity contribution in [2.75, 3.05) is 19.8 Å². The molecule has 0 aliphatic carbocycles. The van der Waals surface area contributed by atoms with Crippen LogP contribution in [0.25, 0.3) is 0 Å². The molecule has 0 aliphatic heterocycles. The Balaban J connectivity index is 0. The summed E-state index contributed by atoms with van der Waals surface area (Å²) < 4.78 is 26.1. The smallest absolute Gasteiger partial charge is 0.469 e. The van der Waals surface area contributed by atoms with Gasteiger partial charge in [0.1, 0.15) is 12.6 Å². The lowest BCUT2D eigenvalue weighted by atomic mass is 10.1. The van der Waals surface area contributed by atoms with Crippen LogP contribution in [0.5, 0.6) is 0 Å². The van der Waals surface area contributed by atoms with Gasteiger partial charge in [-0.05, 0) is 12.8 Å². The molecule has 0 saturated heterocycles. The van der Waals surface area contributed by atoms with E-state index in [1.54, 1.807) is 0 Å². The molecular weight excluding hydrogens is 629 g/mol. The van der Waals surface area contributed by atoms with E-state index in [1.165, 1.54) is 96.3 Å². The Morgan fingerprint density at radius 1 is 0.617 bits per heavy atom. The normalized spacial score (nSPS) is 12.6. The maximum absolute atomic E-state index is 12.3. The molecule has 2 atom stereocenters. The van der Waals surface area contributed by atoms with E-state index in [1.807, 2.05) is 0 Å². The van der Waals surface area contributed by atoms with Crippen LogP contribution >= 0.6 is 7.82 Å². The largest absolute Gasteiger partial charge is 0.480 e. The molecule has 0 aromatic carbocycles. The molecule has 2 unspecified atom stereocenters. The number of aliphatic hydroxyl groups excluding tert-OH is 1. The number of aliphatic carboxylic acids is 1. The zero-order valence-electron chi connectivity index (χ0n) is 29.4. The minimum absolute atomic E-state index is 0.218. The molecule has 0 bridgehead atoms. The van der Waals surface area contributed by atoms with Crippen molar-refractivity contribution in [2.24, 2.45) is 5.73 Å². The summed E-state index contributed by atoms with van der Waals surface area (Å²) in [5.41, 5.74) is 4.77. The highest BCUT2D eigenvalue weighted by Crippen LogP contribution is 2.36. The highest BCUT2D eigenvalue weighted by molar-refractivity contribution is 7.46. The van der Waals surface area contributed by atoms with Crippen LogP contribution in [0.4, 0.5) is 0 Å². The van der Waals surface area contributed by atoms with Gasteiger partial charge in [0, 0.05) is 12.8 Å². The van der Waals surface area contributed by atoms with Crippen molar-refractivity contribution in [2.45, 2.75) is 180 Å². The first-order valence-corrected chi connectivity index (χ1v) is 19.6. The van der Waals surface area contributed by atoms with Gasteiger partial charge in [-0.25, -0.2) is 4.57 Å². The third-order valence-electron chi connectivity index (χ3n) is 7.64. The van der Waals surface area contributed by atoms with E-state index in [9.17, 15) is 18.9 Å². The lowest BCUT2D eigenvalue weighted by molar-refractivity contribution is -0.161. The molecule has 280 valence electrons. The van der Waals surface area contributed by atoms with Crippen LogP contribution in [0.15, 0.2) is 0 Å². The van der Waals surface area contributed by atoms with E-state index in [-0.39, 0.29) is 19.4 Å². The molecule has 0 aliphatic rings. The van der Waals surface area contributed by atoms with Crippen LogP contribution < -0.4 is 5.73 Å². The summed E-state index contributed by atoms with van der Waals surface area (Å²) in [7, 11) is -4.73. The van der Waals surface area contributed by atoms with Gasteiger partial charge in [-0.15, -0.1) is 0 Å². The maximum Gasteiger partial charge on any atom is 0.469 e. The van der Waals surface area contributed by atoms with E-state index in [0.717, 1.165) is 38.5 Å². The molecule has 6 N–H and O–H groups in total. The SMILES string of the molecule is CCCCCCCCCCCCCC(=O)OCC(COP(=O)(O)O)OC(=O)CCCCCCCCCCCCC.NC(CO)C(=O)O. The minimum Gasteiger partial charge on any atom is -0.480 e. The number of phosphoric acid groups is 1. The van der Waals surface area contributed by atoms with Crippen molar-refractivity contribution in [1.82, 2.24) is 0 Å². The van der Waals surface area contributed by atoms with Gasteiger partial charge in [-0.1, -0.05) is 142 Å². The topological polar surface area (TPSA) is 203 Å². The van der Waals surface area contributed by atoms with Crippen LogP contribution in [0.3, 0.4) is 0 Å². The summed E-state index contributed by atoms with van der Waals surface area (Å²) in [5.74, 6) is -2.06. The van der Waals surface area contributed by atoms with Crippen LogP contribution in [0.2, 0.25) is 0 Å². The number of ether oxygens (including phenoxy) is 2. The number of carbonyl (C=O) groups is 3. The number of unbranched alkanes of at least 4 members (excludes halogenated alkanes) is 20. The van der Waals surface area contributed by atoms with Crippen molar-refractivity contribution in [1.29, 1.82) is 0 Å². The highest BCUT2D eigenvalue weighted by Gasteiger charge is 2.22. The molecule has 0 aromatic heterocycles. The van der Waals surface area contributed by atoms with Gasteiger partial charge in [0.25, 0.3) is 0 Å². The fraction of sp³-hybridized carbons (Fsp3) is 0.912. The van der Waals surface area contributed by atoms with Crippen LogP contribution in [-0.4, -0.2) is 69.9 Å². The third-order valence-corrected chi connectivity index (χ3v) is 8.13. The quantitative estimate of drug-likeness (QED) is 0.0266. The second-order valence-electron chi connectivity index (χ2n) is 12.3. The molecule has 13 heteroatoms. The Kier molecular flexibility index (Phi) is 34.7. The molecule has 0 aromatic rings. The Labute approximate surface area is 284 Å². The number of carbonyl (C=O) groups excluding carboxylic acids is 2. The predicted molar refractivity (Wildman–Crippen MR) is 184 cm³/mol. The first-order valence-electron chi connectivity index (χ1n) is 18.1. The van der Waals surface area contributed by atoms with Crippen molar-refractivity contribution in [3.8, 4) is 0 Å². The first-order chi connectivity index (χ1) is 22.5. The Hall–Kier alpha value is -1.56. The fourth-order valence-corrected chi connectivity index (χ4v) is 5.10. The fourth-order valence-electron chi connectivity index (χ4n) is 4.74. The summed E-state index contributed by atoms with van der Waals surface area (Å²) >= 11 is 0. The molecule has 0 fully saturated rings. The van der Waals surface area contributed by atoms with Crippen molar-refractivity contribution < 1.29 is 52.9 Å². The van der Waals surface area contributed by atoms with E-state index in [2.05, 4.69) is 18.4 Å². The Bertz CT molecular complexity index is 794. The van der Waals surface area contributed by atoms with Gasteiger partial charge < -0.3 is 35.2 Å². The number of aliphatic hydroxyl groups is 1. The summed E-state index contributed by atoms with van der Waals surface area (Å²) in [4.78, 5) is 52.0. The van der Waals surface area contributed by atoms with E-state index < -0.39 is 51.1 Å². The minimum atomic E-state index is -4.73. The number of rotatable bonds is 32. The van der Waals surface area contributed by atoms with Crippen LogP contribution in [0.1, 0.15) is 168 Å². The number of hydrogen-bond donors (Lipinski definition) is 5. The van der Waals surface area contributed by atoms with E-state index in [4.69, 9.17) is 35.2 Å². The second kappa shape index (κ2) is 34.3. The number of nitrogens with two attached hydrogens (primary N) is 1. The Morgan fingerprint density at radius 2 is 0.979 bits per heavy atom. The van der Waals surface area contributed by atoms with Crippen LogP contribution in [-0.2, 0) is 32.9 Å². The van der Waals surface area contributed by atoms with E-state index >= 15 is 0 Å². The van der Waals surface area contributed by atoms with Crippen molar-refractivity contribution in [3.05, 3.63) is 0 Å². The van der Waals surface area contributed by atoms with Crippen molar-refractivity contribution >= 4 is 25.7 Å². The number of hydrogen-bond acceptors (Lipinski definition) is 9. The predicted octanol–water partition coefficient (Wildman–Crippen LogP) is 7.34. The average molecular weight is 698 g/mol.